The van der Waals surface area contributed by atoms with E-state index in [9.17, 15) is 4.79 Å². The number of furan rings is 1. The Labute approximate surface area is 227 Å². The van der Waals surface area contributed by atoms with Crippen molar-refractivity contribution in [2.45, 2.75) is 33.9 Å². The zero-order chi connectivity index (χ0) is 27.5. The quantitative estimate of drug-likeness (QED) is 0.232. The number of carbonyl (C=O) groups is 1. The molecule has 3 heterocycles. The summed E-state index contributed by atoms with van der Waals surface area (Å²) in [4.78, 5) is 21.2. The van der Waals surface area contributed by atoms with Gasteiger partial charge in [-0.3, -0.25) is 4.79 Å². The fourth-order valence-electron chi connectivity index (χ4n) is 4.84. The number of benzene rings is 2. The molecule has 0 fully saturated rings. The summed E-state index contributed by atoms with van der Waals surface area (Å²) >= 11 is 0. The van der Waals surface area contributed by atoms with E-state index in [4.69, 9.17) is 14.9 Å². The molecule has 39 heavy (non-hydrogen) atoms. The summed E-state index contributed by atoms with van der Waals surface area (Å²) < 4.78 is 11.7. The highest BCUT2D eigenvalue weighted by Crippen LogP contribution is 2.36. The molecule has 1 atom stereocenters. The van der Waals surface area contributed by atoms with Gasteiger partial charge >= 0.3 is 6.01 Å². The summed E-state index contributed by atoms with van der Waals surface area (Å²) in [6.07, 6.45) is 3.71. The van der Waals surface area contributed by atoms with Gasteiger partial charge in [0.05, 0.1) is 17.3 Å². The molecule has 5 rings (SSSR count). The summed E-state index contributed by atoms with van der Waals surface area (Å²) in [5.41, 5.74) is 20.4. The number of allylic oxidation sites excluding steroid dienone is 3. The second-order valence-corrected chi connectivity index (χ2v) is 9.55. The molecule has 9 nitrogen and oxygen atoms in total. The van der Waals surface area contributed by atoms with Gasteiger partial charge in [-0.15, -0.1) is 0 Å². The molecule has 0 bridgehead atoms. The number of para-hydroxylation sites is 1. The normalized spacial score (nSPS) is 14.4. The van der Waals surface area contributed by atoms with Crippen LogP contribution in [-0.2, 0) is 17.9 Å². The lowest BCUT2D eigenvalue weighted by Gasteiger charge is -2.21. The lowest BCUT2D eigenvalue weighted by Crippen LogP contribution is -2.28. The number of primary amides is 1. The highest BCUT2D eigenvalue weighted by Gasteiger charge is 2.24. The van der Waals surface area contributed by atoms with E-state index < -0.39 is 11.8 Å². The first-order valence-corrected chi connectivity index (χ1v) is 12.8. The van der Waals surface area contributed by atoms with Crippen molar-refractivity contribution in [2.75, 3.05) is 12.5 Å². The second kappa shape index (κ2) is 11.0. The van der Waals surface area contributed by atoms with Crippen molar-refractivity contribution in [1.82, 2.24) is 20.7 Å². The standard InChI is InChI=1S/C30H32N6O3/c1-17-9-10-25-23(15-34-36-25)27(17)22(28(32-4)19(3)29(31)37)13-18(2)24-11-12-33-30(35-24)38-16-21-14-20-7-5-6-8-26(20)39-21/h5-14,19,32,34,36H,15-16H2,1-4H3,(H2,31,37)/b18-13+,28-22-. The predicted molar refractivity (Wildman–Crippen MR) is 152 cm³/mol. The second-order valence-electron chi connectivity index (χ2n) is 9.55. The molecule has 0 saturated carbocycles. The van der Waals surface area contributed by atoms with Crippen LogP contribution in [0.4, 0.5) is 5.69 Å². The van der Waals surface area contributed by atoms with Gasteiger partial charge in [0.25, 0.3) is 0 Å². The van der Waals surface area contributed by atoms with Crippen LogP contribution < -0.4 is 26.6 Å². The maximum Gasteiger partial charge on any atom is 0.317 e. The number of nitrogens with one attached hydrogen (secondary N) is 3. The van der Waals surface area contributed by atoms with Crippen LogP contribution in [0.3, 0.4) is 0 Å². The zero-order valence-corrected chi connectivity index (χ0v) is 22.5. The Bertz CT molecular complexity index is 1570. The largest absolute Gasteiger partial charge is 0.457 e. The summed E-state index contributed by atoms with van der Waals surface area (Å²) in [5, 5.41) is 4.26. The van der Waals surface area contributed by atoms with Crippen molar-refractivity contribution >= 4 is 33.7 Å². The van der Waals surface area contributed by atoms with Gasteiger partial charge in [0.2, 0.25) is 5.91 Å². The number of fused-ring (bicyclic) bond motifs is 2. The number of amides is 1. The van der Waals surface area contributed by atoms with Gasteiger partial charge in [0.15, 0.2) is 0 Å². The summed E-state index contributed by atoms with van der Waals surface area (Å²) in [6.45, 7) is 6.71. The van der Waals surface area contributed by atoms with Crippen LogP contribution in [0.25, 0.3) is 22.1 Å². The van der Waals surface area contributed by atoms with Crippen molar-refractivity contribution in [3.63, 3.8) is 0 Å². The maximum absolute atomic E-state index is 12.3. The zero-order valence-electron chi connectivity index (χ0n) is 22.5. The minimum absolute atomic E-state index is 0.210. The fraction of sp³-hybridized carbons (Fsp3) is 0.233. The van der Waals surface area contributed by atoms with Crippen molar-refractivity contribution in [1.29, 1.82) is 0 Å². The molecule has 200 valence electrons. The summed E-state index contributed by atoms with van der Waals surface area (Å²) in [7, 11) is 1.81. The molecule has 0 aliphatic carbocycles. The lowest BCUT2D eigenvalue weighted by atomic mass is 9.88. The van der Waals surface area contributed by atoms with Gasteiger partial charge < -0.3 is 25.6 Å². The van der Waals surface area contributed by atoms with Gasteiger partial charge in [-0.25, -0.2) is 10.4 Å². The van der Waals surface area contributed by atoms with E-state index >= 15 is 0 Å². The summed E-state index contributed by atoms with van der Waals surface area (Å²) in [6, 6.07) is 16.0. The molecular formula is C30H32N6O3. The number of rotatable bonds is 9. The van der Waals surface area contributed by atoms with E-state index in [1.165, 1.54) is 0 Å². The Kier molecular flexibility index (Phi) is 7.33. The molecule has 0 saturated heterocycles. The van der Waals surface area contributed by atoms with Crippen LogP contribution >= 0.6 is 0 Å². The van der Waals surface area contributed by atoms with Crippen LogP contribution in [0.2, 0.25) is 0 Å². The number of carbonyl (C=O) groups excluding carboxylic acids is 1. The van der Waals surface area contributed by atoms with E-state index in [1.54, 1.807) is 13.1 Å². The lowest BCUT2D eigenvalue weighted by molar-refractivity contribution is -0.120. The Morgan fingerprint density at radius 3 is 2.85 bits per heavy atom. The Hall–Kier alpha value is -4.63. The molecule has 2 aromatic heterocycles. The van der Waals surface area contributed by atoms with Gasteiger partial charge in [0, 0.05) is 42.0 Å². The molecule has 1 unspecified atom stereocenters. The Balaban J connectivity index is 1.50. The van der Waals surface area contributed by atoms with Crippen LogP contribution in [0, 0.1) is 12.8 Å². The number of aryl methyl sites for hydroxylation is 1. The number of ether oxygens (including phenoxy) is 1. The molecule has 1 aliphatic rings. The molecule has 0 radical (unpaired) electrons. The van der Waals surface area contributed by atoms with Crippen LogP contribution in [0.1, 0.15) is 42.0 Å². The Morgan fingerprint density at radius 2 is 2.08 bits per heavy atom. The van der Waals surface area contributed by atoms with Gasteiger partial charge in [-0.05, 0) is 67.8 Å². The van der Waals surface area contributed by atoms with Crippen molar-refractivity contribution in [2.24, 2.45) is 11.7 Å². The first kappa shape index (κ1) is 26.0. The van der Waals surface area contributed by atoms with Crippen LogP contribution in [0.5, 0.6) is 6.01 Å². The van der Waals surface area contributed by atoms with Crippen molar-refractivity contribution in [3.05, 3.63) is 94.6 Å². The van der Waals surface area contributed by atoms with Crippen LogP contribution in [-0.4, -0.2) is 22.9 Å². The summed E-state index contributed by atoms with van der Waals surface area (Å²) in [5.74, 6) is -0.246. The van der Waals surface area contributed by atoms with E-state index in [0.717, 1.165) is 50.2 Å². The molecule has 0 spiro atoms. The molecule has 9 heteroatoms. The van der Waals surface area contributed by atoms with E-state index in [0.29, 0.717) is 18.0 Å². The van der Waals surface area contributed by atoms with E-state index in [2.05, 4.69) is 45.2 Å². The molecule has 5 N–H and O–H groups in total. The monoisotopic (exact) mass is 524 g/mol. The third kappa shape index (κ3) is 5.35. The number of nitrogens with two attached hydrogens (primary N) is 1. The topological polar surface area (TPSA) is 127 Å². The van der Waals surface area contributed by atoms with Crippen molar-refractivity contribution in [3.8, 4) is 6.01 Å². The average molecular weight is 525 g/mol. The third-order valence-electron chi connectivity index (χ3n) is 6.92. The highest BCUT2D eigenvalue weighted by atomic mass is 16.5. The minimum Gasteiger partial charge on any atom is -0.457 e. The van der Waals surface area contributed by atoms with E-state index in [-0.39, 0.29) is 12.6 Å². The van der Waals surface area contributed by atoms with Gasteiger partial charge in [-0.1, -0.05) is 24.3 Å². The number of aromatic nitrogens is 2. The maximum atomic E-state index is 12.3. The number of anilines is 1. The molecule has 2 aromatic carbocycles. The van der Waals surface area contributed by atoms with Gasteiger partial charge in [0.1, 0.15) is 18.0 Å². The van der Waals surface area contributed by atoms with Crippen LogP contribution in [0.15, 0.2) is 70.9 Å². The SMILES string of the molecule is CN/C(=C(/C=C(\C)c1ccnc(OCc2cc3ccccc3o2)n1)c1c(C)ccc2c1CNN2)C(C)C(N)=O. The number of hydrogen-bond acceptors (Lipinski definition) is 8. The smallest absolute Gasteiger partial charge is 0.317 e. The number of nitrogens with zero attached hydrogens (tertiary/aromatic N) is 2. The third-order valence-corrected chi connectivity index (χ3v) is 6.92. The molecule has 4 aromatic rings. The first-order chi connectivity index (χ1) is 18.9. The molecular weight excluding hydrogens is 492 g/mol. The van der Waals surface area contributed by atoms with Gasteiger partial charge in [-0.2, -0.15) is 4.98 Å². The number of hydrogen-bond donors (Lipinski definition) is 4. The predicted octanol–water partition coefficient (Wildman–Crippen LogP) is 4.70. The fourth-order valence-corrected chi connectivity index (χ4v) is 4.84. The Morgan fingerprint density at radius 1 is 1.26 bits per heavy atom. The minimum atomic E-state index is -0.528. The molecule has 1 aliphatic heterocycles. The highest BCUT2D eigenvalue weighted by molar-refractivity contribution is 5.92. The molecule has 1 amide bonds. The number of hydrazine groups is 1. The van der Waals surface area contributed by atoms with E-state index in [1.807, 2.05) is 56.4 Å². The average Bonchev–Trinajstić information content (AvgIpc) is 3.58. The van der Waals surface area contributed by atoms with Crippen molar-refractivity contribution < 1.29 is 13.9 Å². The first-order valence-electron chi connectivity index (χ1n) is 12.8.